The summed E-state index contributed by atoms with van der Waals surface area (Å²) < 4.78 is 5.22. The monoisotopic (exact) mass is 274 g/mol. The van der Waals surface area contributed by atoms with Gasteiger partial charge >= 0.3 is 0 Å². The Bertz CT molecular complexity index is 542. The number of anilines is 1. The van der Waals surface area contributed by atoms with E-state index in [-0.39, 0.29) is 0 Å². The van der Waals surface area contributed by atoms with Crippen molar-refractivity contribution < 1.29 is 4.74 Å². The van der Waals surface area contributed by atoms with Crippen molar-refractivity contribution in [3.8, 4) is 5.75 Å². The first-order chi connectivity index (χ1) is 9.35. The summed E-state index contributed by atoms with van der Waals surface area (Å²) in [5, 5.41) is 4.60. The van der Waals surface area contributed by atoms with E-state index in [1.54, 1.807) is 7.11 Å². The number of benzene rings is 1. The van der Waals surface area contributed by atoms with E-state index >= 15 is 0 Å². The normalized spacial score (nSPS) is 13.9. The molecule has 0 fully saturated rings. The Morgan fingerprint density at radius 1 is 1.32 bits per heavy atom. The number of nitrogens with one attached hydrogen (secondary N) is 1. The molecule has 0 spiro atoms. The molecule has 0 saturated heterocycles. The van der Waals surface area contributed by atoms with Crippen LogP contribution in [-0.2, 0) is 19.4 Å². The summed E-state index contributed by atoms with van der Waals surface area (Å²) in [6.07, 6.45) is 4.98. The first-order valence-corrected chi connectivity index (χ1v) is 7.52. The maximum atomic E-state index is 5.22. The second kappa shape index (κ2) is 5.61. The van der Waals surface area contributed by atoms with Crippen LogP contribution >= 0.6 is 11.3 Å². The fourth-order valence-electron chi connectivity index (χ4n) is 2.39. The lowest BCUT2D eigenvalue weighted by Gasteiger charge is -2.06. The lowest BCUT2D eigenvalue weighted by atomic mass is 10.0. The minimum Gasteiger partial charge on any atom is -0.497 e. The summed E-state index contributed by atoms with van der Waals surface area (Å²) in [6, 6.07) is 8.00. The molecule has 1 aliphatic rings. The molecule has 0 bridgehead atoms. The van der Waals surface area contributed by atoms with Crippen molar-refractivity contribution in [3.05, 3.63) is 39.8 Å². The van der Waals surface area contributed by atoms with Gasteiger partial charge in [0.15, 0.2) is 0 Å². The van der Waals surface area contributed by atoms with Gasteiger partial charge in [0, 0.05) is 16.6 Å². The molecule has 19 heavy (non-hydrogen) atoms. The highest BCUT2D eigenvalue weighted by Crippen LogP contribution is 2.27. The summed E-state index contributed by atoms with van der Waals surface area (Å²) >= 11 is 1.86. The molecular weight excluding hydrogens is 256 g/mol. The maximum absolute atomic E-state index is 5.22. The van der Waals surface area contributed by atoms with Crippen LogP contribution in [0.4, 0.5) is 5.69 Å². The fraction of sp³-hybridized carbons (Fsp3) is 0.400. The number of aromatic nitrogens is 1. The molecule has 0 aliphatic heterocycles. The molecule has 4 heteroatoms. The van der Waals surface area contributed by atoms with E-state index < -0.39 is 0 Å². The highest BCUT2D eigenvalue weighted by molar-refractivity contribution is 7.11. The highest BCUT2D eigenvalue weighted by Gasteiger charge is 2.14. The van der Waals surface area contributed by atoms with Gasteiger partial charge in [-0.25, -0.2) is 4.98 Å². The molecule has 1 aromatic carbocycles. The topological polar surface area (TPSA) is 34.1 Å². The van der Waals surface area contributed by atoms with Gasteiger partial charge in [0.2, 0.25) is 0 Å². The van der Waals surface area contributed by atoms with Crippen molar-refractivity contribution in [1.82, 2.24) is 4.98 Å². The molecule has 1 aromatic heterocycles. The average molecular weight is 274 g/mol. The van der Waals surface area contributed by atoms with E-state index in [4.69, 9.17) is 9.72 Å². The van der Waals surface area contributed by atoms with Crippen LogP contribution in [0.5, 0.6) is 5.75 Å². The Morgan fingerprint density at radius 2 is 2.21 bits per heavy atom. The smallest absolute Gasteiger partial charge is 0.120 e. The Balaban J connectivity index is 1.66. The van der Waals surface area contributed by atoms with Crippen molar-refractivity contribution in [2.75, 3.05) is 12.4 Å². The predicted molar refractivity (Wildman–Crippen MR) is 79.1 cm³/mol. The largest absolute Gasteiger partial charge is 0.497 e. The van der Waals surface area contributed by atoms with Crippen LogP contribution in [-0.4, -0.2) is 12.1 Å². The lowest BCUT2D eigenvalue weighted by Crippen LogP contribution is -2.01. The van der Waals surface area contributed by atoms with E-state index in [9.17, 15) is 0 Å². The molecule has 0 amide bonds. The zero-order valence-corrected chi connectivity index (χ0v) is 11.9. The van der Waals surface area contributed by atoms with Gasteiger partial charge in [-0.2, -0.15) is 0 Å². The van der Waals surface area contributed by atoms with E-state index in [0.717, 1.165) is 24.4 Å². The third-order valence-electron chi connectivity index (χ3n) is 3.40. The number of nitrogens with zero attached hydrogens (tertiary/aromatic N) is 1. The first-order valence-electron chi connectivity index (χ1n) is 6.70. The summed E-state index contributed by atoms with van der Waals surface area (Å²) in [5.74, 6) is 0.878. The number of methoxy groups -OCH3 is 1. The van der Waals surface area contributed by atoms with Crippen molar-refractivity contribution in [2.24, 2.45) is 0 Å². The molecule has 2 aromatic rings. The molecule has 1 aliphatic carbocycles. The molecule has 0 atom stereocenters. The Labute approximate surface area is 117 Å². The number of rotatable bonds is 4. The maximum Gasteiger partial charge on any atom is 0.120 e. The van der Waals surface area contributed by atoms with Gasteiger partial charge < -0.3 is 10.1 Å². The third kappa shape index (κ3) is 2.89. The fourth-order valence-corrected chi connectivity index (χ4v) is 3.49. The van der Waals surface area contributed by atoms with E-state index in [1.807, 2.05) is 29.5 Å². The van der Waals surface area contributed by atoms with Gasteiger partial charge in [-0.15, -0.1) is 11.3 Å². The molecule has 1 heterocycles. The molecule has 100 valence electrons. The van der Waals surface area contributed by atoms with Crippen molar-refractivity contribution >= 4 is 17.0 Å². The second-order valence-electron chi connectivity index (χ2n) is 4.77. The highest BCUT2D eigenvalue weighted by atomic mass is 32.1. The quantitative estimate of drug-likeness (QED) is 0.924. The molecule has 0 saturated carbocycles. The minimum absolute atomic E-state index is 0.796. The zero-order chi connectivity index (χ0) is 13.1. The first kappa shape index (κ1) is 12.5. The molecule has 3 rings (SSSR count). The van der Waals surface area contributed by atoms with Crippen molar-refractivity contribution in [1.29, 1.82) is 0 Å². The number of hydrogen-bond donors (Lipinski definition) is 1. The number of fused-ring (bicyclic) bond motifs is 1. The zero-order valence-electron chi connectivity index (χ0n) is 11.1. The predicted octanol–water partition coefficient (Wildman–Crippen LogP) is 3.64. The van der Waals surface area contributed by atoms with Gasteiger partial charge in [-0.1, -0.05) is 6.07 Å². The lowest BCUT2D eigenvalue weighted by molar-refractivity contribution is 0.415. The van der Waals surface area contributed by atoms with Crippen molar-refractivity contribution in [2.45, 2.75) is 32.2 Å². The third-order valence-corrected chi connectivity index (χ3v) is 4.56. The van der Waals surface area contributed by atoms with Crippen LogP contribution in [0.1, 0.15) is 28.4 Å². The van der Waals surface area contributed by atoms with Gasteiger partial charge in [-0.05, 0) is 37.8 Å². The van der Waals surface area contributed by atoms with Crippen LogP contribution in [0.2, 0.25) is 0 Å². The Hall–Kier alpha value is -1.55. The molecule has 1 N–H and O–H groups in total. The van der Waals surface area contributed by atoms with Crippen LogP contribution in [0.15, 0.2) is 24.3 Å². The van der Waals surface area contributed by atoms with Gasteiger partial charge in [0.25, 0.3) is 0 Å². The molecular formula is C15H18N2OS. The van der Waals surface area contributed by atoms with E-state index in [0.29, 0.717) is 0 Å². The number of aryl methyl sites for hydroxylation is 2. The summed E-state index contributed by atoms with van der Waals surface area (Å²) in [6.45, 7) is 0.796. The second-order valence-corrected chi connectivity index (χ2v) is 5.94. The van der Waals surface area contributed by atoms with Crippen LogP contribution in [0, 0.1) is 0 Å². The van der Waals surface area contributed by atoms with Crippen LogP contribution in [0.3, 0.4) is 0 Å². The van der Waals surface area contributed by atoms with Crippen molar-refractivity contribution in [3.63, 3.8) is 0 Å². The van der Waals surface area contributed by atoms with Crippen LogP contribution < -0.4 is 10.1 Å². The van der Waals surface area contributed by atoms with E-state index in [1.165, 1.54) is 34.8 Å². The molecule has 3 nitrogen and oxygen atoms in total. The average Bonchev–Trinajstić information content (AvgIpc) is 2.88. The summed E-state index contributed by atoms with van der Waals surface area (Å²) in [5.41, 5.74) is 2.41. The van der Waals surface area contributed by atoms with Gasteiger partial charge in [-0.3, -0.25) is 0 Å². The molecule has 0 unspecified atom stereocenters. The Morgan fingerprint density at radius 3 is 3.05 bits per heavy atom. The number of thiazole rings is 1. The van der Waals surface area contributed by atoms with Crippen LogP contribution in [0.25, 0.3) is 0 Å². The van der Waals surface area contributed by atoms with Gasteiger partial charge in [0.05, 0.1) is 19.3 Å². The van der Waals surface area contributed by atoms with E-state index in [2.05, 4.69) is 11.4 Å². The summed E-state index contributed by atoms with van der Waals surface area (Å²) in [7, 11) is 1.69. The number of ether oxygens (including phenoxy) is 1. The SMILES string of the molecule is COc1cccc(NCc2nc3c(s2)CCCC3)c1. The minimum atomic E-state index is 0.796. The Kier molecular flexibility index (Phi) is 3.69. The standard InChI is InChI=1S/C15H18N2OS/c1-18-12-6-4-5-11(9-12)16-10-15-17-13-7-2-3-8-14(13)19-15/h4-6,9,16H,2-3,7-8,10H2,1H3. The molecule has 0 radical (unpaired) electrons. The summed E-state index contributed by atoms with van der Waals surface area (Å²) in [4.78, 5) is 6.23. The van der Waals surface area contributed by atoms with Gasteiger partial charge in [0.1, 0.15) is 10.8 Å². The number of hydrogen-bond acceptors (Lipinski definition) is 4.